The molecule has 2 aromatic rings. The van der Waals surface area contributed by atoms with Gasteiger partial charge in [0.15, 0.2) is 0 Å². The predicted octanol–water partition coefficient (Wildman–Crippen LogP) is 4.30. The largest absolute Gasteiger partial charge is 0.488 e. The molecule has 0 saturated heterocycles. The van der Waals surface area contributed by atoms with E-state index in [1.54, 1.807) is 0 Å². The van der Waals surface area contributed by atoms with Gasteiger partial charge in [0, 0.05) is 24.0 Å². The van der Waals surface area contributed by atoms with E-state index in [1.165, 1.54) is 16.7 Å². The normalized spacial score (nSPS) is 18.1. The van der Waals surface area contributed by atoms with E-state index >= 15 is 0 Å². The molecule has 2 unspecified atom stereocenters. The molecule has 2 aromatic carbocycles. The molecule has 0 aromatic heterocycles. The molecular weight excluding hydrogens is 282 g/mol. The lowest BCUT2D eigenvalue weighted by atomic mass is 10.1. The average Bonchev–Trinajstić information content (AvgIpc) is 2.87. The van der Waals surface area contributed by atoms with Crippen molar-refractivity contribution in [3.63, 3.8) is 0 Å². The summed E-state index contributed by atoms with van der Waals surface area (Å²) in [6.45, 7) is 5.13. The van der Waals surface area contributed by atoms with Gasteiger partial charge in [-0.3, -0.25) is 0 Å². The summed E-state index contributed by atoms with van der Waals surface area (Å²) in [6, 6.07) is 14.8. The summed E-state index contributed by atoms with van der Waals surface area (Å²) < 4.78 is 5.95. The third-order valence-corrected chi connectivity index (χ3v) is 4.23. The van der Waals surface area contributed by atoms with Gasteiger partial charge in [-0.05, 0) is 43.2 Å². The molecule has 0 fully saturated rings. The summed E-state index contributed by atoms with van der Waals surface area (Å²) in [5.74, 6) is 0.967. The fourth-order valence-corrected chi connectivity index (χ4v) is 2.88. The van der Waals surface area contributed by atoms with E-state index < -0.39 is 0 Å². The van der Waals surface area contributed by atoms with E-state index in [0.29, 0.717) is 6.04 Å². The maximum Gasteiger partial charge on any atom is 0.123 e. The van der Waals surface area contributed by atoms with Crippen LogP contribution in [0.1, 0.15) is 29.7 Å². The molecule has 21 heavy (non-hydrogen) atoms. The van der Waals surface area contributed by atoms with Gasteiger partial charge in [-0.2, -0.15) is 0 Å². The summed E-state index contributed by atoms with van der Waals surface area (Å²) in [5, 5.41) is 4.33. The molecule has 2 atom stereocenters. The summed E-state index contributed by atoms with van der Waals surface area (Å²) in [4.78, 5) is 0. The fourth-order valence-electron chi connectivity index (χ4n) is 2.68. The number of ether oxygens (including phenoxy) is 1. The van der Waals surface area contributed by atoms with Crippen molar-refractivity contribution in [2.24, 2.45) is 0 Å². The lowest BCUT2D eigenvalue weighted by Crippen LogP contribution is -2.31. The van der Waals surface area contributed by atoms with Crippen LogP contribution in [0.5, 0.6) is 5.75 Å². The van der Waals surface area contributed by atoms with Gasteiger partial charge in [-0.1, -0.05) is 41.4 Å². The molecule has 1 aliphatic rings. The van der Waals surface area contributed by atoms with Crippen molar-refractivity contribution in [1.82, 2.24) is 5.32 Å². The Kier molecular flexibility index (Phi) is 4.18. The van der Waals surface area contributed by atoms with Crippen LogP contribution in [0.15, 0.2) is 42.5 Å². The molecule has 0 spiro atoms. The Morgan fingerprint density at radius 1 is 1.24 bits per heavy atom. The quantitative estimate of drug-likeness (QED) is 0.909. The van der Waals surface area contributed by atoms with E-state index in [2.05, 4.69) is 43.4 Å². The number of rotatable bonds is 4. The maximum atomic E-state index is 6.02. The molecule has 1 heterocycles. The van der Waals surface area contributed by atoms with Crippen LogP contribution in [0.25, 0.3) is 0 Å². The lowest BCUT2D eigenvalue weighted by molar-refractivity contribution is 0.222. The van der Waals surface area contributed by atoms with Crippen molar-refractivity contribution in [3.05, 3.63) is 64.2 Å². The van der Waals surface area contributed by atoms with Gasteiger partial charge in [-0.25, -0.2) is 0 Å². The summed E-state index contributed by atoms with van der Waals surface area (Å²) in [7, 11) is 0. The van der Waals surface area contributed by atoms with Crippen LogP contribution in [0.2, 0.25) is 5.02 Å². The minimum absolute atomic E-state index is 0.186. The minimum atomic E-state index is 0.186. The Bertz CT molecular complexity index is 624. The number of halogens is 1. The lowest BCUT2D eigenvalue weighted by Gasteiger charge is -2.18. The van der Waals surface area contributed by atoms with Gasteiger partial charge >= 0.3 is 0 Å². The molecule has 110 valence electrons. The van der Waals surface area contributed by atoms with Crippen LogP contribution in [0.4, 0.5) is 0 Å². The van der Waals surface area contributed by atoms with Crippen molar-refractivity contribution in [2.45, 2.75) is 32.4 Å². The first-order valence-electron chi connectivity index (χ1n) is 7.37. The summed E-state index contributed by atoms with van der Waals surface area (Å²) >= 11 is 6.02. The zero-order chi connectivity index (χ0) is 14.8. The Morgan fingerprint density at radius 3 is 2.76 bits per heavy atom. The minimum Gasteiger partial charge on any atom is -0.488 e. The molecule has 3 rings (SSSR count). The van der Waals surface area contributed by atoms with Crippen molar-refractivity contribution >= 4 is 11.6 Å². The zero-order valence-corrected chi connectivity index (χ0v) is 13.2. The van der Waals surface area contributed by atoms with E-state index in [1.807, 2.05) is 18.2 Å². The zero-order valence-electron chi connectivity index (χ0n) is 12.4. The average molecular weight is 302 g/mol. The van der Waals surface area contributed by atoms with Crippen molar-refractivity contribution in [1.29, 1.82) is 0 Å². The van der Waals surface area contributed by atoms with Crippen LogP contribution in [0, 0.1) is 6.92 Å². The predicted molar refractivity (Wildman–Crippen MR) is 87.2 cm³/mol. The van der Waals surface area contributed by atoms with Crippen molar-refractivity contribution in [2.75, 3.05) is 6.54 Å². The third kappa shape index (κ3) is 3.39. The summed E-state index contributed by atoms with van der Waals surface area (Å²) in [6.07, 6.45) is 1.11. The second kappa shape index (κ2) is 6.08. The van der Waals surface area contributed by atoms with E-state index in [9.17, 15) is 0 Å². The van der Waals surface area contributed by atoms with E-state index in [-0.39, 0.29) is 6.10 Å². The first-order valence-corrected chi connectivity index (χ1v) is 7.74. The Labute approximate surface area is 131 Å². The molecule has 2 nitrogen and oxygen atoms in total. The Morgan fingerprint density at radius 2 is 2.00 bits per heavy atom. The smallest absolute Gasteiger partial charge is 0.123 e. The van der Waals surface area contributed by atoms with Crippen molar-refractivity contribution in [3.8, 4) is 5.75 Å². The van der Waals surface area contributed by atoms with E-state index in [4.69, 9.17) is 16.3 Å². The van der Waals surface area contributed by atoms with Crippen LogP contribution < -0.4 is 10.1 Å². The fraction of sp³-hybridized carbons (Fsp3) is 0.333. The standard InChI is InChI=1S/C18H20ClNO/c1-12-3-5-14(6-4-12)13(2)20-11-17-10-15-9-16(19)7-8-18(15)21-17/h3-9,13,17,20H,10-11H2,1-2H3. The first-order chi connectivity index (χ1) is 10.1. The van der Waals surface area contributed by atoms with Crippen LogP contribution in [0.3, 0.4) is 0 Å². The number of nitrogens with one attached hydrogen (secondary N) is 1. The number of benzene rings is 2. The SMILES string of the molecule is Cc1ccc(C(C)NCC2Cc3cc(Cl)ccc3O2)cc1. The van der Waals surface area contributed by atoms with Crippen molar-refractivity contribution < 1.29 is 4.74 Å². The first kappa shape index (κ1) is 14.4. The second-order valence-corrected chi connectivity index (χ2v) is 6.17. The molecule has 0 bridgehead atoms. The van der Waals surface area contributed by atoms with Crippen LogP contribution >= 0.6 is 11.6 Å². The highest BCUT2D eigenvalue weighted by Crippen LogP contribution is 2.31. The second-order valence-electron chi connectivity index (χ2n) is 5.74. The number of hydrogen-bond acceptors (Lipinski definition) is 2. The molecule has 0 amide bonds. The highest BCUT2D eigenvalue weighted by atomic mass is 35.5. The topological polar surface area (TPSA) is 21.3 Å². The van der Waals surface area contributed by atoms with E-state index in [0.717, 1.165) is 23.7 Å². The highest BCUT2D eigenvalue weighted by molar-refractivity contribution is 6.30. The molecule has 0 aliphatic carbocycles. The number of fused-ring (bicyclic) bond motifs is 1. The molecule has 1 aliphatic heterocycles. The molecule has 1 N–H and O–H groups in total. The van der Waals surface area contributed by atoms with Gasteiger partial charge in [0.2, 0.25) is 0 Å². The monoisotopic (exact) mass is 301 g/mol. The van der Waals surface area contributed by atoms with Crippen LogP contribution in [-0.4, -0.2) is 12.6 Å². The molecular formula is C18H20ClNO. The van der Waals surface area contributed by atoms with Crippen LogP contribution in [-0.2, 0) is 6.42 Å². The molecule has 3 heteroatoms. The van der Waals surface area contributed by atoms with Gasteiger partial charge in [0.1, 0.15) is 11.9 Å². The summed E-state index contributed by atoms with van der Waals surface area (Å²) in [5.41, 5.74) is 3.80. The number of hydrogen-bond donors (Lipinski definition) is 1. The Hall–Kier alpha value is -1.51. The maximum absolute atomic E-state index is 6.02. The highest BCUT2D eigenvalue weighted by Gasteiger charge is 2.23. The van der Waals surface area contributed by atoms with Gasteiger partial charge in [0.25, 0.3) is 0 Å². The number of aryl methyl sites for hydroxylation is 1. The molecule has 0 radical (unpaired) electrons. The molecule has 0 saturated carbocycles. The van der Waals surface area contributed by atoms with Gasteiger partial charge < -0.3 is 10.1 Å². The van der Waals surface area contributed by atoms with Gasteiger partial charge in [0.05, 0.1) is 0 Å². The Balaban J connectivity index is 1.56. The van der Waals surface area contributed by atoms with Gasteiger partial charge in [-0.15, -0.1) is 0 Å². The third-order valence-electron chi connectivity index (χ3n) is 3.99.